The molecule has 0 radical (unpaired) electrons. The first-order valence-electron chi connectivity index (χ1n) is 5.76. The van der Waals surface area contributed by atoms with E-state index in [0.29, 0.717) is 15.7 Å². The number of halogens is 2. The van der Waals surface area contributed by atoms with E-state index in [4.69, 9.17) is 23.2 Å². The molecule has 0 bridgehead atoms. The number of hydrogen-bond donors (Lipinski definition) is 1. The number of anilines is 1. The molecule has 2 amide bonds. The molecule has 1 aromatic rings. The summed E-state index contributed by atoms with van der Waals surface area (Å²) in [7, 11) is 2.05. The Labute approximate surface area is 116 Å². The molecule has 1 heterocycles. The van der Waals surface area contributed by atoms with Gasteiger partial charge in [-0.15, -0.1) is 0 Å². The van der Waals surface area contributed by atoms with Crippen molar-refractivity contribution in [1.29, 1.82) is 0 Å². The zero-order valence-corrected chi connectivity index (χ0v) is 11.6. The van der Waals surface area contributed by atoms with Crippen LogP contribution < -0.4 is 5.32 Å². The van der Waals surface area contributed by atoms with Crippen LogP contribution in [-0.2, 0) is 0 Å². The molecule has 4 nitrogen and oxygen atoms in total. The summed E-state index contributed by atoms with van der Waals surface area (Å²) < 4.78 is 0. The highest BCUT2D eigenvalue weighted by Gasteiger charge is 2.18. The van der Waals surface area contributed by atoms with Crippen molar-refractivity contribution in [3.63, 3.8) is 0 Å². The summed E-state index contributed by atoms with van der Waals surface area (Å²) in [4.78, 5) is 16.0. The first-order valence-corrected chi connectivity index (χ1v) is 6.51. The quantitative estimate of drug-likeness (QED) is 0.862. The summed E-state index contributed by atoms with van der Waals surface area (Å²) in [6.07, 6.45) is 0. The number of piperazine rings is 1. The number of likely N-dealkylation sites (N-methyl/N-ethyl adjacent to an activating group) is 1. The normalized spacial score (nSPS) is 16.7. The number of nitrogens with one attached hydrogen (secondary N) is 1. The van der Waals surface area contributed by atoms with E-state index in [-0.39, 0.29) is 6.03 Å². The van der Waals surface area contributed by atoms with Gasteiger partial charge in [-0.1, -0.05) is 23.2 Å². The minimum absolute atomic E-state index is 0.0958. The van der Waals surface area contributed by atoms with Gasteiger partial charge in [-0.2, -0.15) is 0 Å². The lowest BCUT2D eigenvalue weighted by Crippen LogP contribution is -2.48. The topological polar surface area (TPSA) is 35.6 Å². The average molecular weight is 288 g/mol. The Morgan fingerprint density at radius 3 is 2.44 bits per heavy atom. The molecule has 1 aliphatic rings. The summed E-state index contributed by atoms with van der Waals surface area (Å²) in [6, 6.07) is 4.96. The molecule has 0 atom stereocenters. The fraction of sp³-hybridized carbons (Fsp3) is 0.417. The maximum absolute atomic E-state index is 12.0. The molecule has 6 heteroatoms. The molecule has 2 rings (SSSR count). The van der Waals surface area contributed by atoms with Crippen molar-refractivity contribution in [3.05, 3.63) is 28.2 Å². The van der Waals surface area contributed by atoms with E-state index < -0.39 is 0 Å². The van der Waals surface area contributed by atoms with Gasteiger partial charge in [0.1, 0.15) is 0 Å². The average Bonchev–Trinajstić information content (AvgIpc) is 2.34. The number of hydrogen-bond acceptors (Lipinski definition) is 2. The van der Waals surface area contributed by atoms with Crippen LogP contribution in [0.25, 0.3) is 0 Å². The monoisotopic (exact) mass is 287 g/mol. The highest BCUT2D eigenvalue weighted by atomic mass is 35.5. The van der Waals surface area contributed by atoms with E-state index in [1.54, 1.807) is 23.1 Å². The van der Waals surface area contributed by atoms with Gasteiger partial charge in [0.05, 0.1) is 10.0 Å². The minimum atomic E-state index is -0.0958. The second-order valence-corrected chi connectivity index (χ2v) is 5.16. The van der Waals surface area contributed by atoms with Gasteiger partial charge in [0.25, 0.3) is 0 Å². The van der Waals surface area contributed by atoms with Crippen LogP contribution in [0, 0.1) is 0 Å². The number of benzene rings is 1. The van der Waals surface area contributed by atoms with Crippen LogP contribution in [-0.4, -0.2) is 49.1 Å². The van der Waals surface area contributed by atoms with Gasteiger partial charge in [-0.3, -0.25) is 0 Å². The molecule has 0 aromatic heterocycles. The number of rotatable bonds is 1. The summed E-state index contributed by atoms with van der Waals surface area (Å²) in [5.41, 5.74) is 0.660. The van der Waals surface area contributed by atoms with Crippen molar-refractivity contribution in [2.45, 2.75) is 0 Å². The fourth-order valence-corrected chi connectivity index (χ4v) is 2.08. The molecule has 1 N–H and O–H groups in total. The number of nitrogens with zero attached hydrogens (tertiary/aromatic N) is 2. The Morgan fingerprint density at radius 2 is 1.83 bits per heavy atom. The van der Waals surface area contributed by atoms with E-state index >= 15 is 0 Å². The van der Waals surface area contributed by atoms with Crippen molar-refractivity contribution < 1.29 is 4.79 Å². The number of urea groups is 1. The van der Waals surface area contributed by atoms with Crippen molar-refractivity contribution in [3.8, 4) is 0 Å². The van der Waals surface area contributed by atoms with E-state index in [9.17, 15) is 4.79 Å². The Kier molecular flexibility index (Phi) is 4.32. The first-order chi connectivity index (χ1) is 8.56. The predicted molar refractivity (Wildman–Crippen MR) is 74.6 cm³/mol. The van der Waals surface area contributed by atoms with Gasteiger partial charge in [-0.25, -0.2) is 4.79 Å². The van der Waals surface area contributed by atoms with Crippen LogP contribution in [0.15, 0.2) is 18.2 Å². The second-order valence-electron chi connectivity index (χ2n) is 4.35. The molecule has 0 spiro atoms. The molecular formula is C12H15Cl2N3O. The number of carbonyl (C=O) groups excluding carboxylic acids is 1. The molecule has 1 fully saturated rings. The zero-order valence-electron chi connectivity index (χ0n) is 10.1. The minimum Gasteiger partial charge on any atom is -0.322 e. The Bertz CT molecular complexity index is 445. The molecule has 0 unspecified atom stereocenters. The van der Waals surface area contributed by atoms with E-state index in [0.717, 1.165) is 26.2 Å². The third kappa shape index (κ3) is 3.28. The van der Waals surface area contributed by atoms with Crippen LogP contribution in [0.4, 0.5) is 10.5 Å². The smallest absolute Gasteiger partial charge is 0.321 e. The zero-order chi connectivity index (χ0) is 13.1. The van der Waals surface area contributed by atoms with Crippen molar-refractivity contribution >= 4 is 34.9 Å². The molecule has 0 aliphatic carbocycles. The van der Waals surface area contributed by atoms with Crippen molar-refractivity contribution in [2.75, 3.05) is 38.5 Å². The van der Waals surface area contributed by atoms with Crippen LogP contribution >= 0.6 is 23.2 Å². The van der Waals surface area contributed by atoms with Gasteiger partial charge in [0, 0.05) is 31.9 Å². The van der Waals surface area contributed by atoms with Gasteiger partial charge >= 0.3 is 6.03 Å². The lowest BCUT2D eigenvalue weighted by molar-refractivity contribution is 0.164. The SMILES string of the molecule is CN1CCN(C(=O)Nc2ccc(Cl)c(Cl)c2)CC1. The van der Waals surface area contributed by atoms with E-state index in [1.165, 1.54) is 0 Å². The molecule has 1 saturated heterocycles. The largest absolute Gasteiger partial charge is 0.322 e. The lowest BCUT2D eigenvalue weighted by Gasteiger charge is -2.32. The first kappa shape index (κ1) is 13.5. The fourth-order valence-electron chi connectivity index (χ4n) is 1.79. The Balaban J connectivity index is 1.96. The van der Waals surface area contributed by atoms with Gasteiger partial charge in [-0.05, 0) is 25.2 Å². The van der Waals surface area contributed by atoms with E-state index in [1.807, 2.05) is 7.05 Å². The van der Waals surface area contributed by atoms with Crippen molar-refractivity contribution in [1.82, 2.24) is 9.80 Å². The third-order valence-corrected chi connectivity index (χ3v) is 3.70. The van der Waals surface area contributed by atoms with Crippen LogP contribution in [0.2, 0.25) is 10.0 Å². The maximum Gasteiger partial charge on any atom is 0.321 e. The summed E-state index contributed by atoms with van der Waals surface area (Å²) in [5, 5.41) is 3.74. The molecule has 98 valence electrons. The molecular weight excluding hydrogens is 273 g/mol. The molecule has 1 aromatic carbocycles. The highest BCUT2D eigenvalue weighted by Crippen LogP contribution is 2.25. The van der Waals surface area contributed by atoms with Gasteiger partial charge in [0.2, 0.25) is 0 Å². The summed E-state index contributed by atoms with van der Waals surface area (Å²) in [5.74, 6) is 0. The lowest BCUT2D eigenvalue weighted by atomic mass is 10.3. The molecule has 1 aliphatic heterocycles. The highest BCUT2D eigenvalue weighted by molar-refractivity contribution is 6.42. The Morgan fingerprint density at radius 1 is 1.17 bits per heavy atom. The van der Waals surface area contributed by atoms with Crippen LogP contribution in [0.5, 0.6) is 0 Å². The number of amides is 2. The van der Waals surface area contributed by atoms with Crippen LogP contribution in [0.3, 0.4) is 0 Å². The van der Waals surface area contributed by atoms with Crippen LogP contribution in [0.1, 0.15) is 0 Å². The molecule has 0 saturated carbocycles. The van der Waals surface area contributed by atoms with Gasteiger partial charge < -0.3 is 15.1 Å². The number of carbonyl (C=O) groups is 1. The van der Waals surface area contributed by atoms with Crippen molar-refractivity contribution in [2.24, 2.45) is 0 Å². The predicted octanol–water partition coefficient (Wildman–Crippen LogP) is 2.77. The van der Waals surface area contributed by atoms with E-state index in [2.05, 4.69) is 10.2 Å². The summed E-state index contributed by atoms with van der Waals surface area (Å²) in [6.45, 7) is 3.27. The standard InChI is InChI=1S/C12H15Cl2N3O/c1-16-4-6-17(7-5-16)12(18)15-9-2-3-10(13)11(14)8-9/h2-3,8H,4-7H2,1H3,(H,15,18). The second kappa shape index (κ2) is 5.78. The molecule has 18 heavy (non-hydrogen) atoms. The van der Waals surface area contributed by atoms with Gasteiger partial charge in [0.15, 0.2) is 0 Å². The third-order valence-electron chi connectivity index (χ3n) is 2.96. The Hall–Kier alpha value is -0.970. The summed E-state index contributed by atoms with van der Waals surface area (Å²) >= 11 is 11.7. The maximum atomic E-state index is 12.0.